The van der Waals surface area contributed by atoms with Gasteiger partial charge in [0.15, 0.2) is 12.4 Å². The molecule has 5 heteroatoms. The Morgan fingerprint density at radius 3 is 1.13 bits per heavy atom. The summed E-state index contributed by atoms with van der Waals surface area (Å²) in [5, 5.41) is 0.671. The summed E-state index contributed by atoms with van der Waals surface area (Å²) in [7, 11) is -1.33. The van der Waals surface area contributed by atoms with E-state index in [1.54, 1.807) is 0 Å². The molecule has 4 nitrogen and oxygen atoms in total. The summed E-state index contributed by atoms with van der Waals surface area (Å²) in [5.74, 6) is 0. The van der Waals surface area contributed by atoms with Gasteiger partial charge < -0.3 is 9.05 Å². The van der Waals surface area contributed by atoms with Crippen molar-refractivity contribution >= 4 is 12.9 Å². The molecule has 0 atom stereocenters. The standard InChI is InChI=1S/C42H77NO3P/c1-4-6-8-10-12-14-16-18-20-22-24-26-28-30-32-34-40-45-47(44,42-36-38-43(3)39-37-42)46-41-35-33-31-29-27-25-23-21-19-17-15-13-11-9-7-5-2/h18-21,36-39H,4-17,22-35,40-41H2,1-3H3/q+1/b20-18-,21-19-. The molecule has 1 rings (SSSR count). The second-order valence-electron chi connectivity index (χ2n) is 13.8. The molecule has 0 aliphatic heterocycles. The fraction of sp³-hybridized carbons (Fsp3) is 0.786. The molecule has 0 N–H and O–H groups in total. The Bertz CT molecular complexity index is 850. The van der Waals surface area contributed by atoms with Gasteiger partial charge in [-0.1, -0.05) is 154 Å². The van der Waals surface area contributed by atoms with E-state index in [2.05, 4.69) is 38.2 Å². The quantitative estimate of drug-likeness (QED) is 0.0311. The van der Waals surface area contributed by atoms with E-state index in [1.807, 2.05) is 36.1 Å². The van der Waals surface area contributed by atoms with Gasteiger partial charge in [-0.05, 0) is 64.2 Å². The molecule has 1 aromatic heterocycles. The summed E-state index contributed by atoms with van der Waals surface area (Å²) in [4.78, 5) is 0. The minimum atomic E-state index is -3.30. The third kappa shape index (κ3) is 27.3. The molecule has 0 unspecified atom stereocenters. The molecular weight excluding hydrogens is 597 g/mol. The highest BCUT2D eigenvalue weighted by atomic mass is 31.2. The minimum Gasteiger partial charge on any atom is -0.305 e. The largest absolute Gasteiger partial charge is 0.361 e. The van der Waals surface area contributed by atoms with Gasteiger partial charge in [-0.15, -0.1) is 0 Å². The van der Waals surface area contributed by atoms with Crippen LogP contribution < -0.4 is 9.87 Å². The summed E-state index contributed by atoms with van der Waals surface area (Å²) < 4.78 is 27.8. The van der Waals surface area contributed by atoms with Crippen molar-refractivity contribution in [2.45, 2.75) is 194 Å². The fourth-order valence-electron chi connectivity index (χ4n) is 5.93. The molecule has 0 radical (unpaired) electrons. The Labute approximate surface area is 293 Å². The number of unbranched alkanes of at least 4 members (excludes halogenated alkanes) is 24. The smallest absolute Gasteiger partial charge is 0.305 e. The van der Waals surface area contributed by atoms with Gasteiger partial charge in [0.1, 0.15) is 7.05 Å². The number of allylic oxidation sites excluding steroid dienone is 4. The van der Waals surface area contributed by atoms with E-state index in [-0.39, 0.29) is 0 Å². The molecule has 47 heavy (non-hydrogen) atoms. The van der Waals surface area contributed by atoms with Crippen LogP contribution in [0.5, 0.6) is 0 Å². The topological polar surface area (TPSA) is 39.4 Å². The molecule has 1 aromatic rings. The van der Waals surface area contributed by atoms with Gasteiger partial charge in [-0.3, -0.25) is 4.57 Å². The average molecular weight is 675 g/mol. The van der Waals surface area contributed by atoms with E-state index in [9.17, 15) is 4.57 Å². The van der Waals surface area contributed by atoms with Crippen LogP contribution in [0.2, 0.25) is 0 Å². The number of aromatic nitrogens is 1. The van der Waals surface area contributed by atoms with Crippen LogP contribution in [0.4, 0.5) is 0 Å². The monoisotopic (exact) mass is 675 g/mol. The highest BCUT2D eigenvalue weighted by Gasteiger charge is 2.28. The third-order valence-electron chi connectivity index (χ3n) is 9.11. The van der Waals surface area contributed by atoms with Gasteiger partial charge in [0, 0.05) is 12.1 Å². The Balaban J connectivity index is 2.11. The van der Waals surface area contributed by atoms with E-state index in [1.165, 1.54) is 154 Å². The maximum absolute atomic E-state index is 13.8. The van der Waals surface area contributed by atoms with Crippen LogP contribution in [0.15, 0.2) is 48.8 Å². The number of hydrogen-bond donors (Lipinski definition) is 0. The summed E-state index contributed by atoms with van der Waals surface area (Å²) >= 11 is 0. The zero-order valence-corrected chi connectivity index (χ0v) is 32.3. The highest BCUT2D eigenvalue weighted by molar-refractivity contribution is 7.62. The second kappa shape index (κ2) is 33.3. The normalized spacial score (nSPS) is 12.2. The maximum Gasteiger partial charge on any atom is 0.361 e. The summed E-state index contributed by atoms with van der Waals surface area (Å²) in [6.45, 7) is 5.54. The number of aryl methyl sites for hydroxylation is 1. The molecule has 0 aromatic carbocycles. The van der Waals surface area contributed by atoms with E-state index in [0.29, 0.717) is 18.5 Å². The Morgan fingerprint density at radius 1 is 0.489 bits per heavy atom. The van der Waals surface area contributed by atoms with Crippen molar-refractivity contribution < 1.29 is 18.2 Å². The lowest BCUT2D eigenvalue weighted by Gasteiger charge is -2.18. The van der Waals surface area contributed by atoms with Crippen LogP contribution in [0.1, 0.15) is 194 Å². The van der Waals surface area contributed by atoms with Crippen molar-refractivity contribution in [2.24, 2.45) is 7.05 Å². The van der Waals surface area contributed by atoms with Gasteiger partial charge in [0.05, 0.1) is 18.5 Å². The summed E-state index contributed by atoms with van der Waals surface area (Å²) in [6.07, 6.45) is 49.1. The van der Waals surface area contributed by atoms with Gasteiger partial charge in [0.2, 0.25) is 0 Å². The first-order chi connectivity index (χ1) is 23.1. The van der Waals surface area contributed by atoms with Crippen LogP contribution in [-0.2, 0) is 20.7 Å². The fourth-order valence-corrected chi connectivity index (χ4v) is 7.54. The predicted molar refractivity (Wildman–Crippen MR) is 206 cm³/mol. The molecule has 0 bridgehead atoms. The number of nitrogens with zero attached hydrogens (tertiary/aromatic N) is 1. The Kier molecular flexibility index (Phi) is 31.0. The number of pyridine rings is 1. The van der Waals surface area contributed by atoms with Crippen molar-refractivity contribution in [3.63, 3.8) is 0 Å². The first-order valence-corrected chi connectivity index (χ1v) is 21.8. The average Bonchev–Trinajstić information content (AvgIpc) is 3.08. The predicted octanol–water partition coefficient (Wildman–Crippen LogP) is 13.4. The molecule has 0 spiro atoms. The minimum absolute atomic E-state index is 0.493. The van der Waals surface area contributed by atoms with Crippen LogP contribution >= 0.6 is 7.60 Å². The maximum atomic E-state index is 13.8. The lowest BCUT2D eigenvalue weighted by atomic mass is 10.1. The summed E-state index contributed by atoms with van der Waals surface area (Å²) in [5.41, 5.74) is 0. The third-order valence-corrected chi connectivity index (χ3v) is 11.1. The van der Waals surface area contributed by atoms with E-state index in [4.69, 9.17) is 9.05 Å². The van der Waals surface area contributed by atoms with Gasteiger partial charge >= 0.3 is 7.60 Å². The van der Waals surface area contributed by atoms with Gasteiger partial charge in [-0.25, -0.2) is 4.57 Å². The van der Waals surface area contributed by atoms with Crippen LogP contribution in [0.3, 0.4) is 0 Å². The molecular formula is C42H77NO3P+. The van der Waals surface area contributed by atoms with E-state index >= 15 is 0 Å². The van der Waals surface area contributed by atoms with Gasteiger partial charge in [0.25, 0.3) is 0 Å². The molecule has 0 amide bonds. The highest BCUT2D eigenvalue weighted by Crippen LogP contribution is 2.47. The molecule has 0 fully saturated rings. The van der Waals surface area contributed by atoms with Gasteiger partial charge in [-0.2, -0.15) is 0 Å². The van der Waals surface area contributed by atoms with Crippen molar-refractivity contribution in [2.75, 3.05) is 13.2 Å². The second-order valence-corrected chi connectivity index (χ2v) is 15.8. The van der Waals surface area contributed by atoms with Crippen LogP contribution in [0, 0.1) is 0 Å². The zero-order chi connectivity index (χ0) is 33.9. The van der Waals surface area contributed by atoms with Crippen LogP contribution in [0.25, 0.3) is 0 Å². The zero-order valence-electron chi connectivity index (χ0n) is 31.5. The first kappa shape index (κ1) is 43.8. The van der Waals surface area contributed by atoms with E-state index in [0.717, 1.165) is 25.7 Å². The Morgan fingerprint density at radius 2 is 0.787 bits per heavy atom. The first-order valence-electron chi connectivity index (χ1n) is 20.3. The number of rotatable bonds is 35. The molecule has 0 aliphatic carbocycles. The SMILES string of the molecule is CCCCCCCC/C=C\CCCCCCCCOP(=O)(OCCCCCCCC/C=C\CCCCCCCC)c1cc[n+](C)cc1. The van der Waals surface area contributed by atoms with Crippen molar-refractivity contribution in [3.8, 4) is 0 Å². The van der Waals surface area contributed by atoms with Crippen molar-refractivity contribution in [3.05, 3.63) is 48.8 Å². The summed E-state index contributed by atoms with van der Waals surface area (Å²) in [6, 6.07) is 3.76. The molecule has 272 valence electrons. The van der Waals surface area contributed by atoms with Crippen molar-refractivity contribution in [1.82, 2.24) is 0 Å². The Hall–Kier alpha value is -1.22. The molecule has 1 heterocycles. The lowest BCUT2D eigenvalue weighted by molar-refractivity contribution is -0.671. The number of hydrogen-bond acceptors (Lipinski definition) is 3. The van der Waals surface area contributed by atoms with Crippen molar-refractivity contribution in [1.29, 1.82) is 0 Å². The van der Waals surface area contributed by atoms with E-state index < -0.39 is 7.60 Å². The molecule has 0 saturated carbocycles. The van der Waals surface area contributed by atoms with Crippen LogP contribution in [-0.4, -0.2) is 13.2 Å². The molecule has 0 saturated heterocycles. The lowest BCUT2D eigenvalue weighted by Crippen LogP contribution is -2.28. The molecule has 0 aliphatic rings.